The molecular weight excluding hydrogens is 390 g/mol. The molecule has 1 saturated carbocycles. The Kier molecular flexibility index (Phi) is 6.35. The Morgan fingerprint density at radius 1 is 0.968 bits per heavy atom. The van der Waals surface area contributed by atoms with Crippen molar-refractivity contribution in [1.82, 2.24) is 5.32 Å². The van der Waals surface area contributed by atoms with E-state index in [0.29, 0.717) is 30.8 Å². The van der Waals surface area contributed by atoms with Crippen molar-refractivity contribution in [2.24, 2.45) is 11.8 Å². The maximum Gasteiger partial charge on any atom is 0.251 e. The summed E-state index contributed by atoms with van der Waals surface area (Å²) in [5, 5.41) is 5.72. The number of nitrogens with zero attached hydrogens (tertiary/aromatic N) is 1. The first-order valence-electron chi connectivity index (χ1n) is 11.2. The fourth-order valence-electron chi connectivity index (χ4n) is 4.71. The lowest BCUT2D eigenvalue weighted by molar-refractivity contribution is -0.132. The van der Waals surface area contributed by atoms with Crippen LogP contribution in [0.15, 0.2) is 48.5 Å². The van der Waals surface area contributed by atoms with Crippen molar-refractivity contribution in [3.8, 4) is 0 Å². The predicted molar refractivity (Wildman–Crippen MR) is 121 cm³/mol. The molecule has 0 saturated heterocycles. The molecule has 0 aromatic heterocycles. The molecule has 0 radical (unpaired) electrons. The minimum absolute atomic E-state index is 0.0661. The highest BCUT2D eigenvalue weighted by atomic mass is 16.2. The van der Waals surface area contributed by atoms with Crippen LogP contribution in [0.25, 0.3) is 0 Å². The SMILES string of the molecule is CCNC(=O)c1ccc(NC(=O)C2CCCCC2C(=O)N2CCc3ccccc32)cc1. The first-order chi connectivity index (χ1) is 15.1. The Labute approximate surface area is 183 Å². The van der Waals surface area contributed by atoms with Crippen molar-refractivity contribution >= 4 is 29.1 Å². The lowest BCUT2D eigenvalue weighted by atomic mass is 9.77. The van der Waals surface area contributed by atoms with Gasteiger partial charge in [0.15, 0.2) is 0 Å². The number of nitrogens with one attached hydrogen (secondary N) is 2. The molecule has 2 aromatic rings. The van der Waals surface area contributed by atoms with E-state index in [9.17, 15) is 14.4 Å². The number of fused-ring (bicyclic) bond motifs is 1. The molecule has 6 heteroatoms. The number of hydrogen-bond donors (Lipinski definition) is 2. The van der Waals surface area contributed by atoms with Crippen LogP contribution in [0.3, 0.4) is 0 Å². The highest BCUT2D eigenvalue weighted by molar-refractivity contribution is 6.02. The van der Waals surface area contributed by atoms with Gasteiger partial charge in [-0.15, -0.1) is 0 Å². The molecule has 3 amide bonds. The van der Waals surface area contributed by atoms with Crippen LogP contribution in [0.1, 0.15) is 48.5 Å². The van der Waals surface area contributed by atoms with Gasteiger partial charge in [-0.3, -0.25) is 14.4 Å². The summed E-state index contributed by atoms with van der Waals surface area (Å²) in [5.41, 5.74) is 3.37. The molecule has 1 fully saturated rings. The van der Waals surface area contributed by atoms with Crippen LogP contribution in [-0.4, -0.2) is 30.8 Å². The molecule has 162 valence electrons. The molecule has 2 N–H and O–H groups in total. The second-order valence-corrected chi connectivity index (χ2v) is 8.29. The number of amides is 3. The Morgan fingerprint density at radius 3 is 2.42 bits per heavy atom. The molecule has 2 aromatic carbocycles. The van der Waals surface area contributed by atoms with Gasteiger partial charge in [0.2, 0.25) is 11.8 Å². The molecule has 0 spiro atoms. The molecule has 2 atom stereocenters. The fraction of sp³-hybridized carbons (Fsp3) is 0.400. The number of rotatable bonds is 5. The van der Waals surface area contributed by atoms with Crippen LogP contribution in [0.4, 0.5) is 11.4 Å². The number of carbonyl (C=O) groups excluding carboxylic acids is 3. The van der Waals surface area contributed by atoms with Crippen molar-refractivity contribution in [2.75, 3.05) is 23.3 Å². The number of carbonyl (C=O) groups is 3. The van der Waals surface area contributed by atoms with E-state index in [1.807, 2.05) is 30.0 Å². The Bertz CT molecular complexity index is 970. The quantitative estimate of drug-likeness (QED) is 0.774. The molecule has 2 aliphatic rings. The van der Waals surface area contributed by atoms with Gasteiger partial charge < -0.3 is 15.5 Å². The van der Waals surface area contributed by atoms with Gasteiger partial charge in [-0.2, -0.15) is 0 Å². The lowest BCUT2D eigenvalue weighted by Crippen LogP contribution is -2.43. The molecular formula is C25H29N3O3. The van der Waals surface area contributed by atoms with Crippen molar-refractivity contribution in [2.45, 2.75) is 39.0 Å². The maximum atomic E-state index is 13.4. The van der Waals surface area contributed by atoms with E-state index in [4.69, 9.17) is 0 Å². The summed E-state index contributed by atoms with van der Waals surface area (Å²) in [4.78, 5) is 40.3. The topological polar surface area (TPSA) is 78.5 Å². The second kappa shape index (κ2) is 9.33. The van der Waals surface area contributed by atoms with Gasteiger partial charge in [0.05, 0.1) is 5.92 Å². The summed E-state index contributed by atoms with van der Waals surface area (Å²) in [7, 11) is 0. The number of benzene rings is 2. The maximum absolute atomic E-state index is 13.4. The highest BCUT2D eigenvalue weighted by Gasteiger charge is 2.39. The molecule has 4 rings (SSSR count). The largest absolute Gasteiger partial charge is 0.352 e. The van der Waals surface area contributed by atoms with E-state index in [0.717, 1.165) is 31.4 Å². The van der Waals surface area contributed by atoms with Crippen molar-refractivity contribution in [3.05, 3.63) is 59.7 Å². The summed E-state index contributed by atoms with van der Waals surface area (Å²) >= 11 is 0. The minimum atomic E-state index is -0.336. The van der Waals surface area contributed by atoms with Crippen LogP contribution in [-0.2, 0) is 16.0 Å². The van der Waals surface area contributed by atoms with Gasteiger partial charge >= 0.3 is 0 Å². The molecule has 6 nitrogen and oxygen atoms in total. The minimum Gasteiger partial charge on any atom is -0.352 e. The monoisotopic (exact) mass is 419 g/mol. The van der Waals surface area contributed by atoms with Gasteiger partial charge in [0.1, 0.15) is 0 Å². The smallest absolute Gasteiger partial charge is 0.251 e. The average molecular weight is 420 g/mol. The van der Waals surface area contributed by atoms with Gasteiger partial charge in [0.25, 0.3) is 5.91 Å². The van der Waals surface area contributed by atoms with Crippen LogP contribution in [0.2, 0.25) is 0 Å². The molecule has 1 heterocycles. The van der Waals surface area contributed by atoms with Crippen LogP contribution >= 0.6 is 0 Å². The summed E-state index contributed by atoms with van der Waals surface area (Å²) in [6.45, 7) is 3.12. The van der Waals surface area contributed by atoms with Gasteiger partial charge in [-0.1, -0.05) is 31.0 Å². The summed E-state index contributed by atoms with van der Waals surface area (Å²) in [6, 6.07) is 14.9. The molecule has 1 aliphatic carbocycles. The fourth-order valence-corrected chi connectivity index (χ4v) is 4.71. The predicted octanol–water partition coefficient (Wildman–Crippen LogP) is 3.77. The standard InChI is InChI=1S/C25H29N3O3/c1-2-26-23(29)18-11-13-19(14-12-18)27-24(30)20-8-4-5-9-21(20)25(31)28-16-15-17-7-3-6-10-22(17)28/h3,6-7,10-14,20-21H,2,4-5,8-9,15-16H2,1H3,(H,26,29)(H,27,30). The van der Waals surface area contributed by atoms with Crippen LogP contribution < -0.4 is 15.5 Å². The Hall–Kier alpha value is -3.15. The zero-order chi connectivity index (χ0) is 21.8. The van der Waals surface area contributed by atoms with Gasteiger partial charge in [-0.25, -0.2) is 0 Å². The van der Waals surface area contributed by atoms with Crippen molar-refractivity contribution < 1.29 is 14.4 Å². The van der Waals surface area contributed by atoms with E-state index in [1.165, 1.54) is 5.56 Å². The molecule has 0 bridgehead atoms. The number of para-hydroxylation sites is 1. The zero-order valence-electron chi connectivity index (χ0n) is 17.9. The first kappa shape index (κ1) is 21.1. The summed E-state index contributed by atoms with van der Waals surface area (Å²) < 4.78 is 0. The molecule has 1 aliphatic heterocycles. The third-order valence-corrected chi connectivity index (χ3v) is 6.33. The van der Waals surface area contributed by atoms with Crippen LogP contribution in [0.5, 0.6) is 0 Å². The lowest BCUT2D eigenvalue weighted by Gasteiger charge is -2.32. The second-order valence-electron chi connectivity index (χ2n) is 8.29. The summed E-state index contributed by atoms with van der Waals surface area (Å²) in [6.07, 6.45) is 4.25. The van der Waals surface area contributed by atoms with E-state index < -0.39 is 0 Å². The van der Waals surface area contributed by atoms with E-state index >= 15 is 0 Å². The van der Waals surface area contributed by atoms with Crippen molar-refractivity contribution in [1.29, 1.82) is 0 Å². The molecule has 2 unspecified atom stereocenters. The van der Waals surface area contributed by atoms with Gasteiger partial charge in [-0.05, 0) is 62.1 Å². The first-order valence-corrected chi connectivity index (χ1v) is 11.2. The van der Waals surface area contributed by atoms with E-state index in [-0.39, 0.29) is 29.6 Å². The number of hydrogen-bond acceptors (Lipinski definition) is 3. The van der Waals surface area contributed by atoms with Crippen molar-refractivity contribution in [3.63, 3.8) is 0 Å². The number of anilines is 2. The van der Waals surface area contributed by atoms with Gasteiger partial charge in [0, 0.05) is 35.9 Å². The van der Waals surface area contributed by atoms with E-state index in [1.54, 1.807) is 24.3 Å². The van der Waals surface area contributed by atoms with E-state index in [2.05, 4.69) is 16.7 Å². The zero-order valence-corrected chi connectivity index (χ0v) is 17.9. The average Bonchev–Trinajstić information content (AvgIpc) is 3.23. The Balaban J connectivity index is 1.45. The third kappa shape index (κ3) is 4.48. The third-order valence-electron chi connectivity index (χ3n) is 6.33. The summed E-state index contributed by atoms with van der Waals surface area (Å²) in [5.74, 6) is -0.816. The van der Waals surface area contributed by atoms with Crippen LogP contribution in [0, 0.1) is 11.8 Å². The normalized spacial score (nSPS) is 20.1. The molecule has 31 heavy (non-hydrogen) atoms. The Morgan fingerprint density at radius 2 is 1.68 bits per heavy atom. The highest BCUT2D eigenvalue weighted by Crippen LogP contribution is 2.36.